The summed E-state index contributed by atoms with van der Waals surface area (Å²) in [5.41, 5.74) is 1.44. The largest absolute Gasteiger partial charge is 0.443 e. The molecule has 5 nitrogen and oxygen atoms in total. The molecule has 1 radical (unpaired) electrons. The lowest BCUT2D eigenvalue weighted by atomic mass is 9.73. The summed E-state index contributed by atoms with van der Waals surface area (Å²) >= 11 is 0. The summed E-state index contributed by atoms with van der Waals surface area (Å²) in [5, 5.41) is 19.0. The minimum absolute atomic E-state index is 0.297. The highest BCUT2D eigenvalue weighted by Crippen LogP contribution is 2.40. The van der Waals surface area contributed by atoms with Crippen molar-refractivity contribution < 1.29 is 9.52 Å². The maximum Gasteiger partial charge on any atom is 0.244 e. The molecule has 0 aromatic carbocycles. The van der Waals surface area contributed by atoms with Gasteiger partial charge >= 0.3 is 0 Å². The van der Waals surface area contributed by atoms with Crippen molar-refractivity contribution in [1.29, 1.82) is 5.41 Å². The molecule has 0 spiro atoms. The van der Waals surface area contributed by atoms with Gasteiger partial charge in [-0.2, -0.15) is 0 Å². The number of oxazole rings is 1. The third kappa shape index (κ3) is 3.34. The number of hydrogen-bond acceptors (Lipinski definition) is 5. The summed E-state index contributed by atoms with van der Waals surface area (Å²) in [7, 11) is 0. The van der Waals surface area contributed by atoms with Crippen LogP contribution < -0.4 is 0 Å². The van der Waals surface area contributed by atoms with E-state index in [-0.39, 0.29) is 0 Å². The van der Waals surface area contributed by atoms with Gasteiger partial charge in [0.1, 0.15) is 12.0 Å². The van der Waals surface area contributed by atoms with Gasteiger partial charge in [-0.05, 0) is 50.5 Å². The van der Waals surface area contributed by atoms with Crippen LogP contribution in [0, 0.1) is 17.7 Å². The van der Waals surface area contributed by atoms with Gasteiger partial charge in [-0.1, -0.05) is 13.0 Å². The first-order valence-electron chi connectivity index (χ1n) is 8.06. The lowest BCUT2D eigenvalue weighted by Gasteiger charge is -2.36. The number of aliphatic hydroxyl groups is 1. The molecule has 2 aromatic rings. The van der Waals surface area contributed by atoms with Gasteiger partial charge in [-0.25, -0.2) is 4.98 Å². The Hall–Kier alpha value is -2.01. The second kappa shape index (κ2) is 6.62. The van der Waals surface area contributed by atoms with E-state index in [9.17, 15) is 5.11 Å². The molecule has 0 amide bonds. The first kappa shape index (κ1) is 15.9. The molecular weight excluding hydrogens is 290 g/mol. The van der Waals surface area contributed by atoms with E-state index in [4.69, 9.17) is 9.83 Å². The molecule has 3 rings (SSSR count). The zero-order valence-corrected chi connectivity index (χ0v) is 13.3. The molecule has 0 aliphatic heterocycles. The molecule has 2 aromatic heterocycles. The predicted molar refractivity (Wildman–Crippen MR) is 87.9 cm³/mol. The van der Waals surface area contributed by atoms with Gasteiger partial charge in [-0.15, -0.1) is 0 Å². The maximum atomic E-state index is 10.9. The summed E-state index contributed by atoms with van der Waals surface area (Å²) < 4.78 is 5.23. The fourth-order valence-electron chi connectivity index (χ4n) is 3.26. The van der Waals surface area contributed by atoms with Crippen molar-refractivity contribution in [2.75, 3.05) is 0 Å². The first-order chi connectivity index (χ1) is 11.1. The van der Waals surface area contributed by atoms with Crippen LogP contribution in [0.1, 0.15) is 44.6 Å². The SMILES string of the molecule is C[CH]CC(=N)C1CCC(O)(c2ccc(-c3ncco3)nc2)CC1. The number of nitrogens with zero attached hydrogens (tertiary/aromatic N) is 2. The van der Waals surface area contributed by atoms with Crippen LogP contribution in [0.25, 0.3) is 11.6 Å². The zero-order valence-electron chi connectivity index (χ0n) is 13.3. The van der Waals surface area contributed by atoms with Crippen LogP contribution in [0.4, 0.5) is 0 Å². The van der Waals surface area contributed by atoms with Crippen molar-refractivity contribution >= 4 is 5.71 Å². The van der Waals surface area contributed by atoms with Crippen molar-refractivity contribution in [1.82, 2.24) is 9.97 Å². The van der Waals surface area contributed by atoms with Gasteiger partial charge in [0.05, 0.1) is 11.8 Å². The molecule has 0 bridgehead atoms. The third-order valence-electron chi connectivity index (χ3n) is 4.68. The van der Waals surface area contributed by atoms with E-state index in [1.54, 1.807) is 12.4 Å². The van der Waals surface area contributed by atoms with Crippen molar-refractivity contribution in [3.8, 4) is 11.6 Å². The second-order valence-corrected chi connectivity index (χ2v) is 6.21. The summed E-state index contributed by atoms with van der Waals surface area (Å²) in [4.78, 5) is 8.44. The van der Waals surface area contributed by atoms with E-state index < -0.39 is 5.60 Å². The second-order valence-electron chi connectivity index (χ2n) is 6.21. The highest BCUT2D eigenvalue weighted by Gasteiger charge is 2.36. The average molecular weight is 312 g/mol. The Labute approximate surface area is 136 Å². The average Bonchev–Trinajstić information content (AvgIpc) is 3.10. The fourth-order valence-corrected chi connectivity index (χ4v) is 3.26. The Bertz CT molecular complexity index is 641. The van der Waals surface area contributed by atoms with Crippen LogP contribution in [0.15, 0.2) is 35.2 Å². The minimum atomic E-state index is -0.838. The Morgan fingerprint density at radius 2 is 2.17 bits per heavy atom. The standard InChI is InChI=1S/C18H22N3O2/c1-2-3-15(19)13-6-8-18(22,9-7-13)14-4-5-16(21-12-14)17-20-10-11-23-17/h2,4-5,10-13,19,22H,3,6-9H2,1H3. The molecule has 0 atom stereocenters. The molecule has 1 fully saturated rings. The molecule has 121 valence electrons. The van der Waals surface area contributed by atoms with Crippen molar-refractivity contribution in [3.05, 3.63) is 42.8 Å². The molecule has 1 saturated carbocycles. The van der Waals surface area contributed by atoms with Gasteiger partial charge in [-0.3, -0.25) is 4.98 Å². The Balaban J connectivity index is 1.68. The van der Waals surface area contributed by atoms with Crippen LogP contribution in [0.5, 0.6) is 0 Å². The Morgan fingerprint density at radius 3 is 2.74 bits per heavy atom. The molecule has 1 aliphatic rings. The molecule has 2 heterocycles. The minimum Gasteiger partial charge on any atom is -0.443 e. The molecule has 0 unspecified atom stereocenters. The number of rotatable bonds is 5. The molecule has 1 aliphatic carbocycles. The maximum absolute atomic E-state index is 10.9. The number of hydrogen-bond donors (Lipinski definition) is 2. The zero-order chi connectivity index (χ0) is 16.3. The quantitative estimate of drug-likeness (QED) is 0.824. The van der Waals surface area contributed by atoms with E-state index in [1.165, 1.54) is 6.26 Å². The van der Waals surface area contributed by atoms with E-state index in [0.717, 1.165) is 30.5 Å². The lowest BCUT2D eigenvalue weighted by molar-refractivity contribution is -0.00740. The first-order valence-corrected chi connectivity index (χ1v) is 8.06. The normalized spacial score (nSPS) is 24.5. The summed E-state index contributed by atoms with van der Waals surface area (Å²) in [6.07, 6.45) is 10.6. The number of pyridine rings is 1. The van der Waals surface area contributed by atoms with E-state index >= 15 is 0 Å². The Morgan fingerprint density at radius 1 is 1.39 bits per heavy atom. The summed E-state index contributed by atoms with van der Waals surface area (Å²) in [6.45, 7) is 1.98. The Kier molecular flexibility index (Phi) is 4.57. The highest BCUT2D eigenvalue weighted by atomic mass is 16.3. The van der Waals surface area contributed by atoms with Crippen LogP contribution >= 0.6 is 0 Å². The molecular formula is C18H22N3O2. The van der Waals surface area contributed by atoms with Gasteiger partial charge in [0.25, 0.3) is 0 Å². The third-order valence-corrected chi connectivity index (χ3v) is 4.68. The van der Waals surface area contributed by atoms with Gasteiger partial charge < -0.3 is 14.9 Å². The molecule has 2 N–H and O–H groups in total. The van der Waals surface area contributed by atoms with E-state index in [1.807, 2.05) is 25.5 Å². The lowest BCUT2D eigenvalue weighted by Crippen LogP contribution is -2.33. The van der Waals surface area contributed by atoms with Crippen LogP contribution in [0.2, 0.25) is 0 Å². The topological polar surface area (TPSA) is 83.0 Å². The van der Waals surface area contributed by atoms with Crippen LogP contribution in [-0.4, -0.2) is 20.8 Å². The smallest absolute Gasteiger partial charge is 0.244 e. The summed E-state index contributed by atoms with van der Waals surface area (Å²) in [6, 6.07) is 3.73. The molecule has 23 heavy (non-hydrogen) atoms. The number of nitrogens with one attached hydrogen (secondary N) is 1. The van der Waals surface area contributed by atoms with Gasteiger partial charge in [0.2, 0.25) is 5.89 Å². The van der Waals surface area contributed by atoms with E-state index in [2.05, 4.69) is 9.97 Å². The summed E-state index contributed by atoms with van der Waals surface area (Å²) in [5.74, 6) is 0.780. The van der Waals surface area contributed by atoms with Crippen molar-refractivity contribution in [3.63, 3.8) is 0 Å². The van der Waals surface area contributed by atoms with Crippen molar-refractivity contribution in [2.24, 2.45) is 5.92 Å². The molecule has 5 heteroatoms. The van der Waals surface area contributed by atoms with Gasteiger partial charge in [0.15, 0.2) is 0 Å². The highest BCUT2D eigenvalue weighted by molar-refractivity contribution is 5.84. The van der Waals surface area contributed by atoms with Crippen LogP contribution in [-0.2, 0) is 5.60 Å². The molecule has 0 saturated heterocycles. The fraction of sp³-hybridized carbons (Fsp3) is 0.444. The monoisotopic (exact) mass is 312 g/mol. The number of aromatic nitrogens is 2. The predicted octanol–water partition coefficient (Wildman–Crippen LogP) is 3.75. The van der Waals surface area contributed by atoms with Crippen molar-refractivity contribution in [2.45, 2.75) is 44.6 Å². The van der Waals surface area contributed by atoms with E-state index in [0.29, 0.717) is 30.3 Å². The van der Waals surface area contributed by atoms with Gasteiger partial charge in [0, 0.05) is 17.5 Å². The van der Waals surface area contributed by atoms with Crippen LogP contribution in [0.3, 0.4) is 0 Å².